The fourth-order valence-electron chi connectivity index (χ4n) is 0.872. The van der Waals surface area contributed by atoms with Gasteiger partial charge in [0.05, 0.1) is 6.67 Å². The van der Waals surface area contributed by atoms with Crippen molar-refractivity contribution in [2.75, 3.05) is 6.67 Å². The van der Waals surface area contributed by atoms with Gasteiger partial charge in [0.25, 0.3) is 0 Å². The summed E-state index contributed by atoms with van der Waals surface area (Å²) in [6, 6.07) is 8.67. The molecule has 0 radical (unpaired) electrons. The summed E-state index contributed by atoms with van der Waals surface area (Å²) in [5.74, 6) is 0.243. The summed E-state index contributed by atoms with van der Waals surface area (Å²) in [6.07, 6.45) is -0.602. The molecule has 0 atom stereocenters. The van der Waals surface area contributed by atoms with Crippen LogP contribution in [0, 0.1) is 0 Å². The molecule has 0 unspecified atom stereocenters. The van der Waals surface area contributed by atoms with Crippen LogP contribution in [-0.4, -0.2) is 18.7 Å². The Morgan fingerprint density at radius 3 is 2.47 bits per heavy atom. The Morgan fingerprint density at radius 1 is 1.20 bits per heavy atom. The third-order valence-corrected chi connectivity index (χ3v) is 1.52. The number of benzene rings is 1. The Morgan fingerprint density at radius 2 is 1.87 bits per heavy atom. The highest BCUT2D eigenvalue weighted by Gasteiger charge is 2.02. The zero-order chi connectivity index (χ0) is 11.1. The first-order valence-electron chi connectivity index (χ1n) is 4.43. The highest BCUT2D eigenvalue weighted by atomic mass is 16.6. The maximum Gasteiger partial charge on any atom is 0.413 e. The standard InChI is InChI=1S/C10H12N2O3/c1-8(13)11-7-12-10(14)15-9-5-3-2-4-6-9/h2-6H,7H2,1H3,(H,11,13)(H,12,14). The average Bonchev–Trinajstić information content (AvgIpc) is 2.18. The predicted molar refractivity (Wildman–Crippen MR) is 54.3 cm³/mol. The van der Waals surface area contributed by atoms with E-state index >= 15 is 0 Å². The molecule has 80 valence electrons. The van der Waals surface area contributed by atoms with Crippen molar-refractivity contribution in [1.29, 1.82) is 0 Å². The number of hydrogen-bond donors (Lipinski definition) is 2. The zero-order valence-corrected chi connectivity index (χ0v) is 8.32. The minimum atomic E-state index is -0.602. The first-order chi connectivity index (χ1) is 7.18. The molecule has 1 aromatic carbocycles. The third kappa shape index (κ3) is 4.66. The van der Waals surface area contributed by atoms with E-state index in [4.69, 9.17) is 4.74 Å². The van der Waals surface area contributed by atoms with Gasteiger partial charge in [-0.05, 0) is 12.1 Å². The Hall–Kier alpha value is -2.04. The van der Waals surface area contributed by atoms with E-state index in [-0.39, 0.29) is 12.6 Å². The number of carbonyl (C=O) groups is 2. The number of hydrogen-bond acceptors (Lipinski definition) is 3. The van der Waals surface area contributed by atoms with Crippen LogP contribution in [0.4, 0.5) is 4.79 Å². The molecule has 5 nitrogen and oxygen atoms in total. The van der Waals surface area contributed by atoms with Gasteiger partial charge in [-0.15, -0.1) is 0 Å². The lowest BCUT2D eigenvalue weighted by Gasteiger charge is -2.06. The molecule has 2 N–H and O–H groups in total. The van der Waals surface area contributed by atoms with Crippen molar-refractivity contribution in [3.63, 3.8) is 0 Å². The molecule has 0 fully saturated rings. The molecule has 0 aliphatic heterocycles. The average molecular weight is 208 g/mol. The van der Waals surface area contributed by atoms with E-state index in [0.717, 1.165) is 0 Å². The molecule has 2 amide bonds. The predicted octanol–water partition coefficient (Wildman–Crippen LogP) is 0.869. The quantitative estimate of drug-likeness (QED) is 0.724. The Labute approximate surface area is 87.4 Å². The van der Waals surface area contributed by atoms with Crippen LogP contribution in [0.2, 0.25) is 0 Å². The molecule has 0 heterocycles. The van der Waals surface area contributed by atoms with Crippen LogP contribution in [-0.2, 0) is 4.79 Å². The maximum atomic E-state index is 11.1. The van der Waals surface area contributed by atoms with Gasteiger partial charge in [0, 0.05) is 6.92 Å². The topological polar surface area (TPSA) is 67.4 Å². The zero-order valence-electron chi connectivity index (χ0n) is 8.32. The fraction of sp³-hybridized carbons (Fsp3) is 0.200. The molecule has 0 aliphatic carbocycles. The summed E-state index contributed by atoms with van der Waals surface area (Å²) in [5, 5.41) is 4.78. The van der Waals surface area contributed by atoms with Crippen molar-refractivity contribution in [2.45, 2.75) is 6.92 Å². The first kappa shape index (κ1) is 11.0. The van der Waals surface area contributed by atoms with E-state index in [0.29, 0.717) is 5.75 Å². The molecule has 0 spiro atoms. The molecule has 1 rings (SSSR count). The van der Waals surface area contributed by atoms with Crippen molar-refractivity contribution in [3.8, 4) is 5.75 Å². The van der Waals surface area contributed by atoms with Crippen LogP contribution in [0.5, 0.6) is 5.75 Å². The molecule has 5 heteroatoms. The lowest BCUT2D eigenvalue weighted by Crippen LogP contribution is -2.37. The summed E-state index contributed by atoms with van der Waals surface area (Å²) in [6.45, 7) is 1.42. The van der Waals surface area contributed by atoms with Crippen LogP contribution in [0.1, 0.15) is 6.92 Å². The van der Waals surface area contributed by atoms with Crippen LogP contribution < -0.4 is 15.4 Å². The SMILES string of the molecule is CC(=O)NCNC(=O)Oc1ccccc1. The second-order valence-electron chi connectivity index (χ2n) is 2.79. The van der Waals surface area contributed by atoms with Crippen molar-refractivity contribution in [3.05, 3.63) is 30.3 Å². The van der Waals surface area contributed by atoms with E-state index < -0.39 is 6.09 Å². The number of para-hydroxylation sites is 1. The maximum absolute atomic E-state index is 11.1. The van der Waals surface area contributed by atoms with Gasteiger partial charge in [-0.2, -0.15) is 0 Å². The molecule has 1 aromatic rings. The van der Waals surface area contributed by atoms with Crippen LogP contribution >= 0.6 is 0 Å². The van der Waals surface area contributed by atoms with Gasteiger partial charge in [0.15, 0.2) is 0 Å². The molecule has 0 saturated heterocycles. The van der Waals surface area contributed by atoms with Crippen LogP contribution in [0.25, 0.3) is 0 Å². The number of amides is 2. The largest absolute Gasteiger partial charge is 0.413 e. The fourth-order valence-corrected chi connectivity index (χ4v) is 0.872. The normalized spacial score (nSPS) is 9.13. The number of ether oxygens (including phenoxy) is 1. The van der Waals surface area contributed by atoms with Crippen molar-refractivity contribution in [2.24, 2.45) is 0 Å². The van der Waals surface area contributed by atoms with E-state index in [9.17, 15) is 9.59 Å². The number of nitrogens with one attached hydrogen (secondary N) is 2. The lowest BCUT2D eigenvalue weighted by atomic mass is 10.3. The molecular weight excluding hydrogens is 196 g/mol. The highest BCUT2D eigenvalue weighted by Crippen LogP contribution is 2.07. The van der Waals surface area contributed by atoms with E-state index in [1.807, 2.05) is 6.07 Å². The van der Waals surface area contributed by atoms with E-state index in [2.05, 4.69) is 10.6 Å². The lowest BCUT2D eigenvalue weighted by molar-refractivity contribution is -0.118. The van der Waals surface area contributed by atoms with Crippen molar-refractivity contribution >= 4 is 12.0 Å². The smallest absolute Gasteiger partial charge is 0.410 e. The third-order valence-electron chi connectivity index (χ3n) is 1.52. The second kappa shape index (κ2) is 5.64. The molecule has 0 saturated carbocycles. The monoisotopic (exact) mass is 208 g/mol. The van der Waals surface area contributed by atoms with Crippen molar-refractivity contribution in [1.82, 2.24) is 10.6 Å². The van der Waals surface area contributed by atoms with E-state index in [1.54, 1.807) is 24.3 Å². The Kier molecular flexibility index (Phi) is 4.15. The van der Waals surface area contributed by atoms with Gasteiger partial charge in [-0.25, -0.2) is 4.79 Å². The van der Waals surface area contributed by atoms with Crippen molar-refractivity contribution < 1.29 is 14.3 Å². The molecule has 15 heavy (non-hydrogen) atoms. The summed E-state index contributed by atoms with van der Waals surface area (Å²) in [7, 11) is 0. The Bertz CT molecular complexity index is 338. The summed E-state index contributed by atoms with van der Waals surface area (Å²) >= 11 is 0. The van der Waals surface area contributed by atoms with Gasteiger partial charge in [0.2, 0.25) is 5.91 Å². The van der Waals surface area contributed by atoms with E-state index in [1.165, 1.54) is 6.92 Å². The Balaban J connectivity index is 2.28. The van der Waals surface area contributed by atoms with Gasteiger partial charge in [-0.1, -0.05) is 18.2 Å². The molecule has 0 aromatic heterocycles. The van der Waals surface area contributed by atoms with Crippen LogP contribution in [0.15, 0.2) is 30.3 Å². The van der Waals surface area contributed by atoms with Gasteiger partial charge in [0.1, 0.15) is 5.75 Å². The van der Waals surface area contributed by atoms with Gasteiger partial charge in [-0.3, -0.25) is 4.79 Å². The van der Waals surface area contributed by atoms with Gasteiger partial charge >= 0.3 is 6.09 Å². The van der Waals surface area contributed by atoms with Crippen LogP contribution in [0.3, 0.4) is 0 Å². The molecular formula is C10H12N2O3. The molecule has 0 aliphatic rings. The minimum absolute atomic E-state index is 0.0565. The minimum Gasteiger partial charge on any atom is -0.410 e. The first-order valence-corrected chi connectivity index (χ1v) is 4.43. The highest BCUT2D eigenvalue weighted by molar-refractivity contribution is 5.74. The van der Waals surface area contributed by atoms with Gasteiger partial charge < -0.3 is 15.4 Å². The molecule has 0 bridgehead atoms. The second-order valence-corrected chi connectivity index (χ2v) is 2.79. The summed E-state index contributed by atoms with van der Waals surface area (Å²) in [5.41, 5.74) is 0. The summed E-state index contributed by atoms with van der Waals surface area (Å²) in [4.78, 5) is 21.6. The summed E-state index contributed by atoms with van der Waals surface area (Å²) < 4.78 is 4.89. The number of carbonyl (C=O) groups excluding carboxylic acids is 2. The number of rotatable bonds is 3.